The highest BCUT2D eigenvalue weighted by atomic mass is 32.2. The first-order chi connectivity index (χ1) is 10.9. The summed E-state index contributed by atoms with van der Waals surface area (Å²) >= 11 is 0. The predicted octanol–water partition coefficient (Wildman–Crippen LogP) is 2.81. The molecule has 1 rings (SSSR count). The third-order valence-electron chi connectivity index (χ3n) is 4.32. The quantitative estimate of drug-likeness (QED) is 0.485. The number of hydrogen-bond donors (Lipinski definition) is 0. The van der Waals surface area contributed by atoms with Gasteiger partial charge < -0.3 is 0 Å². The summed E-state index contributed by atoms with van der Waals surface area (Å²) in [5.74, 6) is 1.00. The lowest BCUT2D eigenvalue weighted by Crippen LogP contribution is -2.34. The maximum Gasteiger partial charge on any atom is 0.152 e. The molecule has 0 amide bonds. The van der Waals surface area contributed by atoms with E-state index in [1.807, 2.05) is 0 Å². The highest BCUT2D eigenvalue weighted by molar-refractivity contribution is 7.97. The van der Waals surface area contributed by atoms with E-state index in [0.717, 1.165) is 51.4 Å². The van der Waals surface area contributed by atoms with Gasteiger partial charge in [0.05, 0.1) is 22.0 Å². The molecule has 4 nitrogen and oxygen atoms in total. The summed E-state index contributed by atoms with van der Waals surface area (Å²) in [6.45, 7) is 4.25. The standard InChI is InChI=1S/C16H32O4S3/c1-3-5-7-9-11-21(17)15-13-23(19,20)14-16(15)22(18)12-10-8-6-4-2/h15-16H,3-14H2,1-2H3/t15-,16?,21?,22?/m0/s1. The summed E-state index contributed by atoms with van der Waals surface area (Å²) in [4.78, 5) is 0. The lowest BCUT2D eigenvalue weighted by Gasteiger charge is -2.17. The monoisotopic (exact) mass is 384 g/mol. The molecule has 0 aromatic carbocycles. The van der Waals surface area contributed by atoms with Crippen LogP contribution in [0.1, 0.15) is 65.2 Å². The Morgan fingerprint density at radius 2 is 1.13 bits per heavy atom. The third kappa shape index (κ3) is 7.78. The molecule has 0 radical (unpaired) electrons. The number of rotatable bonds is 12. The lowest BCUT2D eigenvalue weighted by atomic mass is 10.2. The Balaban J connectivity index is 2.56. The van der Waals surface area contributed by atoms with Gasteiger partial charge in [-0.3, -0.25) is 8.42 Å². The Labute approximate surface area is 147 Å². The zero-order valence-electron chi connectivity index (χ0n) is 14.5. The molecule has 4 atom stereocenters. The highest BCUT2D eigenvalue weighted by Gasteiger charge is 2.43. The SMILES string of the molecule is CCCCCCS(=O)C1CS(=O)(=O)C[C@@H]1S(=O)CCCCCC. The maximum absolute atomic E-state index is 12.5. The molecule has 138 valence electrons. The molecule has 1 saturated heterocycles. The van der Waals surface area contributed by atoms with Crippen LogP contribution in [-0.4, -0.2) is 50.3 Å². The molecule has 1 aliphatic heterocycles. The second-order valence-corrected chi connectivity index (χ2v) is 12.1. The van der Waals surface area contributed by atoms with E-state index in [4.69, 9.17) is 0 Å². The van der Waals surface area contributed by atoms with Crippen molar-refractivity contribution in [2.75, 3.05) is 23.0 Å². The van der Waals surface area contributed by atoms with E-state index in [1.54, 1.807) is 0 Å². The van der Waals surface area contributed by atoms with Crippen molar-refractivity contribution < 1.29 is 16.8 Å². The van der Waals surface area contributed by atoms with Crippen molar-refractivity contribution in [3.05, 3.63) is 0 Å². The van der Waals surface area contributed by atoms with Gasteiger partial charge >= 0.3 is 0 Å². The van der Waals surface area contributed by atoms with Crippen molar-refractivity contribution in [3.8, 4) is 0 Å². The van der Waals surface area contributed by atoms with E-state index in [1.165, 1.54) is 0 Å². The fourth-order valence-electron chi connectivity index (χ4n) is 2.92. The van der Waals surface area contributed by atoms with Gasteiger partial charge in [0, 0.05) is 33.1 Å². The minimum Gasteiger partial charge on any atom is -0.259 e. The Morgan fingerprint density at radius 1 is 0.739 bits per heavy atom. The van der Waals surface area contributed by atoms with Gasteiger partial charge in [-0.05, 0) is 12.8 Å². The van der Waals surface area contributed by atoms with Crippen molar-refractivity contribution in [2.45, 2.75) is 75.7 Å². The van der Waals surface area contributed by atoms with E-state index in [-0.39, 0.29) is 11.5 Å². The van der Waals surface area contributed by atoms with Crippen LogP contribution in [0.4, 0.5) is 0 Å². The molecule has 0 aromatic heterocycles. The second-order valence-electron chi connectivity index (χ2n) is 6.44. The van der Waals surface area contributed by atoms with E-state index in [0.29, 0.717) is 11.5 Å². The minimum atomic E-state index is -3.19. The van der Waals surface area contributed by atoms with Gasteiger partial charge in [0.25, 0.3) is 0 Å². The van der Waals surface area contributed by atoms with Gasteiger partial charge in [-0.1, -0.05) is 52.4 Å². The molecule has 7 heteroatoms. The Kier molecular flexibility index (Phi) is 10.2. The van der Waals surface area contributed by atoms with Crippen molar-refractivity contribution in [1.29, 1.82) is 0 Å². The van der Waals surface area contributed by atoms with Gasteiger partial charge in [-0.25, -0.2) is 8.42 Å². The molecule has 0 spiro atoms. The maximum atomic E-state index is 12.5. The smallest absolute Gasteiger partial charge is 0.152 e. The van der Waals surface area contributed by atoms with Gasteiger partial charge in [0.1, 0.15) is 0 Å². The van der Waals surface area contributed by atoms with Crippen LogP contribution in [0.15, 0.2) is 0 Å². The normalized spacial score (nSPS) is 26.2. The molecule has 1 fully saturated rings. The number of sulfone groups is 1. The van der Waals surface area contributed by atoms with Crippen LogP contribution >= 0.6 is 0 Å². The predicted molar refractivity (Wildman–Crippen MR) is 101 cm³/mol. The Morgan fingerprint density at radius 3 is 1.48 bits per heavy atom. The first-order valence-corrected chi connectivity index (χ1v) is 13.4. The third-order valence-corrected chi connectivity index (χ3v) is 10.4. The topological polar surface area (TPSA) is 68.3 Å². The Bertz CT molecular complexity index is 450. The minimum absolute atomic E-state index is 0.0429. The molecular weight excluding hydrogens is 352 g/mol. The molecule has 3 unspecified atom stereocenters. The number of unbranched alkanes of at least 4 members (excludes halogenated alkanes) is 6. The van der Waals surface area contributed by atoms with Crippen LogP contribution in [0.2, 0.25) is 0 Å². The fraction of sp³-hybridized carbons (Fsp3) is 1.00. The summed E-state index contributed by atoms with van der Waals surface area (Å²) in [6, 6.07) is 0. The molecule has 0 aliphatic carbocycles. The van der Waals surface area contributed by atoms with Crippen molar-refractivity contribution >= 4 is 31.4 Å². The molecule has 0 saturated carbocycles. The lowest BCUT2D eigenvalue weighted by molar-refractivity contribution is 0.602. The largest absolute Gasteiger partial charge is 0.259 e. The van der Waals surface area contributed by atoms with Crippen LogP contribution < -0.4 is 0 Å². The van der Waals surface area contributed by atoms with E-state index >= 15 is 0 Å². The van der Waals surface area contributed by atoms with Crippen LogP contribution in [0.25, 0.3) is 0 Å². The Hall–Kier alpha value is 0.250. The summed E-state index contributed by atoms with van der Waals surface area (Å²) < 4.78 is 48.9. The molecule has 0 aromatic rings. The van der Waals surface area contributed by atoms with Gasteiger partial charge in [0.15, 0.2) is 9.84 Å². The van der Waals surface area contributed by atoms with Crippen LogP contribution in [0.3, 0.4) is 0 Å². The summed E-state index contributed by atoms with van der Waals surface area (Å²) in [5.41, 5.74) is 0. The molecule has 23 heavy (non-hydrogen) atoms. The van der Waals surface area contributed by atoms with Crippen molar-refractivity contribution in [3.63, 3.8) is 0 Å². The van der Waals surface area contributed by atoms with Crippen molar-refractivity contribution in [1.82, 2.24) is 0 Å². The molecular formula is C16H32O4S3. The zero-order valence-corrected chi connectivity index (χ0v) is 16.9. The van der Waals surface area contributed by atoms with Crippen LogP contribution in [0, 0.1) is 0 Å². The average molecular weight is 385 g/mol. The van der Waals surface area contributed by atoms with Crippen LogP contribution in [-0.2, 0) is 31.4 Å². The second kappa shape index (κ2) is 11.0. The first-order valence-electron chi connectivity index (χ1n) is 8.86. The molecule has 1 aliphatic rings. The van der Waals surface area contributed by atoms with E-state index < -0.39 is 41.9 Å². The fourth-order valence-corrected chi connectivity index (χ4v) is 10.4. The average Bonchev–Trinajstić information content (AvgIpc) is 2.84. The first kappa shape index (κ1) is 21.3. The van der Waals surface area contributed by atoms with E-state index in [9.17, 15) is 16.8 Å². The van der Waals surface area contributed by atoms with E-state index in [2.05, 4.69) is 13.8 Å². The van der Waals surface area contributed by atoms with Crippen molar-refractivity contribution in [2.24, 2.45) is 0 Å². The van der Waals surface area contributed by atoms with Gasteiger partial charge in [0.2, 0.25) is 0 Å². The molecule has 0 bridgehead atoms. The zero-order chi connectivity index (χ0) is 17.3. The van der Waals surface area contributed by atoms with Gasteiger partial charge in [-0.2, -0.15) is 0 Å². The summed E-state index contributed by atoms with van der Waals surface area (Å²) in [7, 11) is -5.55. The molecule has 0 N–H and O–H groups in total. The van der Waals surface area contributed by atoms with Crippen LogP contribution in [0.5, 0.6) is 0 Å². The summed E-state index contributed by atoms with van der Waals surface area (Å²) in [5, 5.41) is -0.845. The summed E-state index contributed by atoms with van der Waals surface area (Å²) in [6.07, 6.45) is 8.28. The van der Waals surface area contributed by atoms with Gasteiger partial charge in [-0.15, -0.1) is 0 Å². The number of hydrogen-bond acceptors (Lipinski definition) is 4. The molecule has 1 heterocycles. The highest BCUT2D eigenvalue weighted by Crippen LogP contribution is 2.24.